The third kappa shape index (κ3) is 1.92. The molecule has 7 heteroatoms. The molecule has 1 saturated heterocycles. The number of carbonyl (C=O) groups is 3. The summed E-state index contributed by atoms with van der Waals surface area (Å²) in [6, 6.07) is 4.98. The molecule has 1 aliphatic carbocycles. The molecule has 3 rings (SSSR count). The van der Waals surface area contributed by atoms with E-state index in [9.17, 15) is 14.4 Å². The fraction of sp³-hybridized carbons (Fsp3) is 0.308. The first-order chi connectivity index (χ1) is 9.52. The van der Waals surface area contributed by atoms with Crippen LogP contribution in [0.5, 0.6) is 0 Å². The van der Waals surface area contributed by atoms with Crippen molar-refractivity contribution in [3.8, 4) is 0 Å². The molecular formula is C13H14N4O3. The van der Waals surface area contributed by atoms with Crippen molar-refractivity contribution in [2.75, 3.05) is 11.9 Å². The summed E-state index contributed by atoms with van der Waals surface area (Å²) in [5.74, 6) is -0.573. The molecule has 20 heavy (non-hydrogen) atoms. The minimum Gasteiger partial charge on any atom is -0.325 e. The van der Waals surface area contributed by atoms with Crippen molar-refractivity contribution in [3.63, 3.8) is 0 Å². The Hall–Kier alpha value is -2.41. The zero-order valence-electron chi connectivity index (χ0n) is 10.7. The molecule has 7 nitrogen and oxygen atoms in total. The molecule has 0 saturated carbocycles. The van der Waals surface area contributed by atoms with Crippen LogP contribution in [0.2, 0.25) is 0 Å². The number of hydrogen-bond acceptors (Lipinski definition) is 4. The van der Waals surface area contributed by atoms with Gasteiger partial charge in [0.2, 0.25) is 5.91 Å². The number of carbonyl (C=O) groups excluding carboxylic acids is 3. The van der Waals surface area contributed by atoms with E-state index in [0.29, 0.717) is 18.5 Å². The van der Waals surface area contributed by atoms with Crippen LogP contribution in [0, 0.1) is 0 Å². The Balaban J connectivity index is 1.85. The van der Waals surface area contributed by atoms with Crippen molar-refractivity contribution in [3.05, 3.63) is 29.3 Å². The molecular weight excluding hydrogens is 260 g/mol. The van der Waals surface area contributed by atoms with E-state index < -0.39 is 11.6 Å². The van der Waals surface area contributed by atoms with E-state index in [4.69, 9.17) is 5.73 Å². The van der Waals surface area contributed by atoms with Gasteiger partial charge in [0.05, 0.1) is 6.54 Å². The minimum absolute atomic E-state index is 0.0838. The number of urea groups is 1. The fourth-order valence-electron chi connectivity index (χ4n) is 2.74. The summed E-state index contributed by atoms with van der Waals surface area (Å²) < 4.78 is 0. The largest absolute Gasteiger partial charge is 0.325 e. The summed E-state index contributed by atoms with van der Waals surface area (Å²) in [5.41, 5.74) is 6.94. The molecule has 2 aliphatic rings. The van der Waals surface area contributed by atoms with Gasteiger partial charge >= 0.3 is 6.03 Å². The van der Waals surface area contributed by atoms with Gasteiger partial charge in [-0.1, -0.05) is 6.07 Å². The van der Waals surface area contributed by atoms with Crippen molar-refractivity contribution in [1.82, 2.24) is 10.6 Å². The normalized spacial score (nSPS) is 23.4. The highest BCUT2D eigenvalue weighted by Gasteiger charge is 2.49. The Morgan fingerprint density at radius 3 is 2.70 bits per heavy atom. The summed E-state index contributed by atoms with van der Waals surface area (Å²) in [4.78, 5) is 34.5. The zero-order valence-corrected chi connectivity index (χ0v) is 10.7. The highest BCUT2D eigenvalue weighted by molar-refractivity contribution is 6.07. The fourth-order valence-corrected chi connectivity index (χ4v) is 2.74. The molecule has 1 fully saturated rings. The van der Waals surface area contributed by atoms with Gasteiger partial charge in [0.1, 0.15) is 5.54 Å². The van der Waals surface area contributed by atoms with Crippen LogP contribution in [0.25, 0.3) is 0 Å². The van der Waals surface area contributed by atoms with Gasteiger partial charge in [0.15, 0.2) is 0 Å². The highest BCUT2D eigenvalue weighted by atomic mass is 16.2. The lowest BCUT2D eigenvalue weighted by Crippen LogP contribution is -2.47. The molecule has 1 unspecified atom stereocenters. The molecule has 1 heterocycles. The van der Waals surface area contributed by atoms with E-state index in [-0.39, 0.29) is 18.4 Å². The summed E-state index contributed by atoms with van der Waals surface area (Å²) in [7, 11) is 0. The van der Waals surface area contributed by atoms with Crippen LogP contribution in [0.4, 0.5) is 10.5 Å². The van der Waals surface area contributed by atoms with Gasteiger partial charge in [0, 0.05) is 18.5 Å². The van der Waals surface area contributed by atoms with Gasteiger partial charge in [-0.05, 0) is 23.3 Å². The van der Waals surface area contributed by atoms with E-state index in [2.05, 4.69) is 16.0 Å². The third-order valence-electron chi connectivity index (χ3n) is 3.67. The number of amides is 4. The molecule has 5 N–H and O–H groups in total. The first-order valence-electron chi connectivity index (χ1n) is 6.28. The number of anilines is 1. The van der Waals surface area contributed by atoms with Crippen LogP contribution < -0.4 is 21.7 Å². The Kier molecular flexibility index (Phi) is 2.72. The summed E-state index contributed by atoms with van der Waals surface area (Å²) in [5, 5.41) is 7.62. The average molecular weight is 274 g/mol. The number of nitrogens with one attached hydrogen (secondary N) is 3. The number of fused-ring (bicyclic) bond motifs is 1. The lowest BCUT2D eigenvalue weighted by molar-refractivity contribution is -0.123. The SMILES string of the molecule is NCC(=O)Nc1ccc2c(c1)CC1(C2)NC(=O)NC1=O. The van der Waals surface area contributed by atoms with Crippen LogP contribution in [0.15, 0.2) is 18.2 Å². The molecule has 1 atom stereocenters. The number of benzene rings is 1. The van der Waals surface area contributed by atoms with Gasteiger partial charge in [-0.25, -0.2) is 4.79 Å². The molecule has 1 aromatic rings. The van der Waals surface area contributed by atoms with Crippen molar-refractivity contribution in [1.29, 1.82) is 0 Å². The Morgan fingerprint density at radius 1 is 1.30 bits per heavy atom. The number of imide groups is 1. The van der Waals surface area contributed by atoms with E-state index in [0.717, 1.165) is 11.1 Å². The maximum atomic E-state index is 11.9. The first-order valence-corrected chi connectivity index (χ1v) is 6.28. The minimum atomic E-state index is -0.879. The van der Waals surface area contributed by atoms with Gasteiger partial charge < -0.3 is 16.4 Å². The molecule has 1 aromatic carbocycles. The Labute approximate surface area is 114 Å². The van der Waals surface area contributed by atoms with Crippen LogP contribution in [-0.2, 0) is 22.4 Å². The second-order valence-corrected chi connectivity index (χ2v) is 5.08. The second-order valence-electron chi connectivity index (χ2n) is 5.08. The van der Waals surface area contributed by atoms with Crippen molar-refractivity contribution in [2.45, 2.75) is 18.4 Å². The Bertz CT molecular complexity index is 628. The van der Waals surface area contributed by atoms with E-state index in [1.54, 1.807) is 6.07 Å². The van der Waals surface area contributed by atoms with Gasteiger partial charge in [0.25, 0.3) is 5.91 Å². The van der Waals surface area contributed by atoms with Gasteiger partial charge in [-0.3, -0.25) is 14.9 Å². The Morgan fingerprint density at radius 2 is 2.05 bits per heavy atom. The summed E-state index contributed by atoms with van der Waals surface area (Å²) in [6.07, 6.45) is 0.886. The number of nitrogens with two attached hydrogens (primary N) is 1. The maximum absolute atomic E-state index is 11.9. The van der Waals surface area contributed by atoms with Gasteiger partial charge in [-0.15, -0.1) is 0 Å². The van der Waals surface area contributed by atoms with Crippen LogP contribution in [0.1, 0.15) is 11.1 Å². The first kappa shape index (κ1) is 12.6. The van der Waals surface area contributed by atoms with Crippen molar-refractivity contribution >= 4 is 23.5 Å². The standard InChI is InChI=1S/C13H14N4O3/c14-6-10(18)15-9-2-1-7-4-13(5-8(7)3-9)11(19)16-12(20)17-13/h1-3H,4-6,14H2,(H,15,18)(H2,16,17,19,20). The highest BCUT2D eigenvalue weighted by Crippen LogP contribution is 2.33. The third-order valence-corrected chi connectivity index (χ3v) is 3.67. The second kappa shape index (κ2) is 4.31. The number of rotatable bonds is 2. The topological polar surface area (TPSA) is 113 Å². The molecule has 1 aliphatic heterocycles. The summed E-state index contributed by atoms with van der Waals surface area (Å²) in [6.45, 7) is -0.0838. The van der Waals surface area contributed by atoms with Crippen LogP contribution >= 0.6 is 0 Å². The summed E-state index contributed by atoms with van der Waals surface area (Å²) >= 11 is 0. The molecule has 1 spiro atoms. The predicted molar refractivity (Wildman–Crippen MR) is 70.9 cm³/mol. The lowest BCUT2D eigenvalue weighted by atomic mass is 9.96. The smallest absolute Gasteiger partial charge is 0.322 e. The quantitative estimate of drug-likeness (QED) is 0.532. The van der Waals surface area contributed by atoms with E-state index in [1.165, 1.54) is 0 Å². The average Bonchev–Trinajstić information content (AvgIpc) is 2.89. The molecule has 104 valence electrons. The van der Waals surface area contributed by atoms with Crippen molar-refractivity contribution in [2.24, 2.45) is 5.73 Å². The lowest BCUT2D eigenvalue weighted by Gasteiger charge is -2.18. The zero-order chi connectivity index (χ0) is 14.3. The molecule has 0 aromatic heterocycles. The van der Waals surface area contributed by atoms with Crippen LogP contribution in [0.3, 0.4) is 0 Å². The predicted octanol–water partition coefficient (Wildman–Crippen LogP) is -0.739. The van der Waals surface area contributed by atoms with E-state index >= 15 is 0 Å². The number of hydrogen-bond donors (Lipinski definition) is 4. The van der Waals surface area contributed by atoms with Gasteiger partial charge in [-0.2, -0.15) is 0 Å². The van der Waals surface area contributed by atoms with E-state index in [1.807, 2.05) is 12.1 Å². The monoisotopic (exact) mass is 274 g/mol. The van der Waals surface area contributed by atoms with Crippen LogP contribution in [-0.4, -0.2) is 29.9 Å². The molecule has 0 bridgehead atoms. The maximum Gasteiger partial charge on any atom is 0.322 e. The van der Waals surface area contributed by atoms with Crippen molar-refractivity contribution < 1.29 is 14.4 Å². The molecule has 4 amide bonds. The molecule has 0 radical (unpaired) electrons.